The van der Waals surface area contributed by atoms with E-state index in [9.17, 15) is 0 Å². The van der Waals surface area contributed by atoms with Gasteiger partial charge >= 0.3 is 0 Å². The molecule has 1 N–H and O–H groups in total. The van der Waals surface area contributed by atoms with Gasteiger partial charge < -0.3 is 10.1 Å². The third-order valence-electron chi connectivity index (χ3n) is 4.25. The predicted octanol–water partition coefficient (Wildman–Crippen LogP) is 3.55. The first-order valence-corrected chi connectivity index (χ1v) is 7.55. The van der Waals surface area contributed by atoms with E-state index in [1.807, 2.05) is 0 Å². The van der Waals surface area contributed by atoms with Crippen molar-refractivity contribution in [2.75, 3.05) is 6.61 Å². The van der Waals surface area contributed by atoms with E-state index in [0.29, 0.717) is 12.1 Å². The van der Waals surface area contributed by atoms with Gasteiger partial charge in [0.1, 0.15) is 0 Å². The van der Waals surface area contributed by atoms with E-state index in [-0.39, 0.29) is 5.60 Å². The average Bonchev–Trinajstić information content (AvgIpc) is 2.40. The van der Waals surface area contributed by atoms with E-state index in [2.05, 4.69) is 56.4 Å². The van der Waals surface area contributed by atoms with E-state index in [1.165, 1.54) is 5.56 Å². The van der Waals surface area contributed by atoms with Crippen LogP contribution < -0.4 is 5.32 Å². The van der Waals surface area contributed by atoms with Crippen molar-refractivity contribution < 1.29 is 4.74 Å². The molecule has 0 aliphatic carbocycles. The molecule has 2 nitrogen and oxygen atoms in total. The van der Waals surface area contributed by atoms with Gasteiger partial charge in [0.15, 0.2) is 0 Å². The molecule has 3 unspecified atom stereocenters. The first-order valence-electron chi connectivity index (χ1n) is 7.55. The van der Waals surface area contributed by atoms with Gasteiger partial charge in [-0.1, -0.05) is 37.3 Å². The monoisotopic (exact) mass is 261 g/mol. The summed E-state index contributed by atoms with van der Waals surface area (Å²) in [5, 5.41) is 3.78. The summed E-state index contributed by atoms with van der Waals surface area (Å²) in [7, 11) is 0. The lowest BCUT2D eigenvalue weighted by Gasteiger charge is -2.39. The molecule has 1 fully saturated rings. The van der Waals surface area contributed by atoms with E-state index in [0.717, 1.165) is 32.3 Å². The molecule has 2 heteroatoms. The van der Waals surface area contributed by atoms with Crippen LogP contribution in [0.3, 0.4) is 0 Å². The van der Waals surface area contributed by atoms with Crippen molar-refractivity contribution in [3.05, 3.63) is 35.9 Å². The zero-order valence-electron chi connectivity index (χ0n) is 12.5. The minimum absolute atomic E-state index is 0.0718. The number of hydrogen-bond donors (Lipinski definition) is 1. The Bertz CT molecular complexity index is 378. The van der Waals surface area contributed by atoms with Crippen molar-refractivity contribution in [3.8, 4) is 0 Å². The highest BCUT2D eigenvalue weighted by molar-refractivity contribution is 5.15. The van der Waals surface area contributed by atoms with Gasteiger partial charge in [-0.25, -0.2) is 0 Å². The summed E-state index contributed by atoms with van der Waals surface area (Å²) in [6.07, 6.45) is 4.45. The summed E-state index contributed by atoms with van der Waals surface area (Å²) < 4.78 is 5.90. The van der Waals surface area contributed by atoms with Crippen LogP contribution in [0, 0.1) is 0 Å². The minimum atomic E-state index is 0.0718. The Morgan fingerprint density at radius 2 is 2.11 bits per heavy atom. The van der Waals surface area contributed by atoms with E-state index < -0.39 is 0 Å². The summed E-state index contributed by atoms with van der Waals surface area (Å²) in [5.74, 6) is 0. The molecule has 1 aliphatic heterocycles. The van der Waals surface area contributed by atoms with Crippen LogP contribution in [0.25, 0.3) is 0 Å². The Morgan fingerprint density at radius 3 is 2.79 bits per heavy atom. The van der Waals surface area contributed by atoms with Crippen molar-refractivity contribution in [1.29, 1.82) is 0 Å². The Morgan fingerprint density at radius 1 is 1.37 bits per heavy atom. The highest BCUT2D eigenvalue weighted by Crippen LogP contribution is 2.28. The van der Waals surface area contributed by atoms with Gasteiger partial charge in [0.2, 0.25) is 0 Å². The lowest BCUT2D eigenvalue weighted by atomic mass is 9.89. The Hall–Kier alpha value is -0.860. The van der Waals surface area contributed by atoms with Crippen molar-refractivity contribution in [2.45, 2.75) is 64.1 Å². The summed E-state index contributed by atoms with van der Waals surface area (Å²) in [4.78, 5) is 0. The number of rotatable bonds is 5. The van der Waals surface area contributed by atoms with E-state index in [4.69, 9.17) is 4.74 Å². The Kier molecular flexibility index (Phi) is 5.00. The summed E-state index contributed by atoms with van der Waals surface area (Å²) in [6.45, 7) is 7.63. The Labute approximate surface area is 117 Å². The fourth-order valence-electron chi connectivity index (χ4n) is 2.95. The molecule has 0 spiro atoms. The number of hydrogen-bond acceptors (Lipinski definition) is 2. The van der Waals surface area contributed by atoms with Gasteiger partial charge in [0.25, 0.3) is 0 Å². The van der Waals surface area contributed by atoms with Gasteiger partial charge in [0.05, 0.1) is 5.60 Å². The second kappa shape index (κ2) is 6.53. The minimum Gasteiger partial charge on any atom is -0.375 e. The molecule has 2 rings (SSSR count). The van der Waals surface area contributed by atoms with Crippen molar-refractivity contribution in [3.63, 3.8) is 0 Å². The SMILES string of the molecule is CCC1(C)CC(NC(C)Cc2ccccc2)CCO1. The van der Waals surface area contributed by atoms with Gasteiger partial charge in [-0.05, 0) is 45.1 Å². The molecule has 106 valence electrons. The fourth-order valence-corrected chi connectivity index (χ4v) is 2.95. The van der Waals surface area contributed by atoms with Crippen molar-refractivity contribution >= 4 is 0 Å². The quantitative estimate of drug-likeness (QED) is 0.875. The average molecular weight is 261 g/mol. The molecule has 0 aromatic heterocycles. The van der Waals surface area contributed by atoms with Crippen molar-refractivity contribution in [2.24, 2.45) is 0 Å². The topological polar surface area (TPSA) is 21.3 Å². The molecule has 1 aromatic rings. The molecule has 0 amide bonds. The summed E-state index contributed by atoms with van der Waals surface area (Å²) >= 11 is 0. The number of benzene rings is 1. The van der Waals surface area contributed by atoms with E-state index in [1.54, 1.807) is 0 Å². The highest BCUT2D eigenvalue weighted by atomic mass is 16.5. The van der Waals surface area contributed by atoms with Crippen LogP contribution in [-0.4, -0.2) is 24.3 Å². The first kappa shape index (κ1) is 14.5. The van der Waals surface area contributed by atoms with Crippen LogP contribution in [0.2, 0.25) is 0 Å². The highest BCUT2D eigenvalue weighted by Gasteiger charge is 2.31. The molecular formula is C17H27NO. The zero-order valence-corrected chi connectivity index (χ0v) is 12.5. The molecule has 0 saturated carbocycles. The number of ether oxygens (including phenoxy) is 1. The van der Waals surface area contributed by atoms with Crippen LogP contribution in [0.4, 0.5) is 0 Å². The molecule has 3 atom stereocenters. The molecule has 1 saturated heterocycles. The van der Waals surface area contributed by atoms with Crippen LogP contribution in [-0.2, 0) is 11.2 Å². The van der Waals surface area contributed by atoms with Gasteiger partial charge in [0, 0.05) is 18.7 Å². The van der Waals surface area contributed by atoms with Gasteiger partial charge in [-0.2, -0.15) is 0 Å². The third kappa shape index (κ3) is 4.32. The second-order valence-electron chi connectivity index (χ2n) is 6.10. The van der Waals surface area contributed by atoms with Crippen molar-refractivity contribution in [1.82, 2.24) is 5.32 Å². The maximum atomic E-state index is 5.90. The summed E-state index contributed by atoms with van der Waals surface area (Å²) in [5.41, 5.74) is 1.48. The first-order chi connectivity index (χ1) is 9.11. The lowest BCUT2D eigenvalue weighted by molar-refractivity contribution is -0.0788. The molecule has 1 aromatic carbocycles. The van der Waals surface area contributed by atoms with E-state index >= 15 is 0 Å². The summed E-state index contributed by atoms with van der Waals surface area (Å²) in [6, 6.07) is 11.8. The normalized spacial score (nSPS) is 29.1. The van der Waals surface area contributed by atoms with Crippen LogP contribution >= 0.6 is 0 Å². The standard InChI is InChI=1S/C17H27NO/c1-4-17(3)13-16(10-11-19-17)18-14(2)12-15-8-6-5-7-9-15/h5-9,14,16,18H,4,10-13H2,1-3H3. The Balaban J connectivity index is 1.83. The van der Waals surface area contributed by atoms with Crippen LogP contribution in [0.1, 0.15) is 45.6 Å². The second-order valence-corrected chi connectivity index (χ2v) is 6.10. The maximum absolute atomic E-state index is 5.90. The smallest absolute Gasteiger partial charge is 0.0666 e. The predicted molar refractivity (Wildman–Crippen MR) is 80.4 cm³/mol. The molecule has 1 aliphatic rings. The van der Waals surface area contributed by atoms with Crippen LogP contribution in [0.15, 0.2) is 30.3 Å². The largest absolute Gasteiger partial charge is 0.375 e. The third-order valence-corrected chi connectivity index (χ3v) is 4.25. The van der Waals surface area contributed by atoms with Gasteiger partial charge in [-0.3, -0.25) is 0 Å². The fraction of sp³-hybridized carbons (Fsp3) is 0.647. The maximum Gasteiger partial charge on any atom is 0.0666 e. The molecule has 0 bridgehead atoms. The molecular weight excluding hydrogens is 234 g/mol. The van der Waals surface area contributed by atoms with Gasteiger partial charge in [-0.15, -0.1) is 0 Å². The lowest BCUT2D eigenvalue weighted by Crippen LogP contribution is -2.48. The molecule has 0 radical (unpaired) electrons. The molecule has 19 heavy (non-hydrogen) atoms. The zero-order chi connectivity index (χ0) is 13.7. The molecule has 1 heterocycles. The number of nitrogens with one attached hydrogen (secondary N) is 1. The van der Waals surface area contributed by atoms with Crippen LogP contribution in [0.5, 0.6) is 0 Å².